The Labute approximate surface area is 123 Å². The fraction of sp³-hybridized carbons (Fsp3) is 0.214. The Hall–Kier alpha value is -2.28. The Bertz CT molecular complexity index is 635. The SMILES string of the molecule is O=C(NCCCn1ccnc1)S1(c2ccon2)C=CC=C1. The molecule has 3 rings (SSSR count). The van der Waals surface area contributed by atoms with Crippen molar-refractivity contribution in [1.82, 2.24) is 20.0 Å². The van der Waals surface area contributed by atoms with E-state index in [1.165, 1.54) is 6.26 Å². The fourth-order valence-electron chi connectivity index (χ4n) is 2.11. The number of nitrogens with one attached hydrogen (secondary N) is 1. The number of hydrogen-bond donors (Lipinski definition) is 1. The van der Waals surface area contributed by atoms with Gasteiger partial charge >= 0.3 is 0 Å². The summed E-state index contributed by atoms with van der Waals surface area (Å²) in [6.07, 6.45) is 11.5. The van der Waals surface area contributed by atoms with Gasteiger partial charge in [-0.25, -0.2) is 4.98 Å². The second kappa shape index (κ2) is 6.01. The quantitative estimate of drug-likeness (QED) is 0.862. The van der Waals surface area contributed by atoms with Gasteiger partial charge in [0.15, 0.2) is 0 Å². The van der Waals surface area contributed by atoms with Crippen molar-refractivity contribution in [2.45, 2.75) is 18.0 Å². The molecule has 6 nitrogen and oxygen atoms in total. The van der Waals surface area contributed by atoms with Crippen molar-refractivity contribution >= 4 is 15.3 Å². The van der Waals surface area contributed by atoms with Crippen LogP contribution in [0.1, 0.15) is 6.42 Å². The van der Waals surface area contributed by atoms with Gasteiger partial charge in [-0.15, -0.1) is 0 Å². The molecule has 0 atom stereocenters. The van der Waals surface area contributed by atoms with Crippen molar-refractivity contribution in [3.05, 3.63) is 54.0 Å². The van der Waals surface area contributed by atoms with Crippen LogP contribution in [0.4, 0.5) is 4.79 Å². The lowest BCUT2D eigenvalue weighted by molar-refractivity contribution is 0.260. The molecule has 1 aliphatic heterocycles. The lowest BCUT2D eigenvalue weighted by Crippen LogP contribution is -2.27. The highest BCUT2D eigenvalue weighted by Crippen LogP contribution is 2.60. The number of aryl methyl sites for hydroxylation is 1. The van der Waals surface area contributed by atoms with E-state index in [0.717, 1.165) is 13.0 Å². The van der Waals surface area contributed by atoms with Gasteiger partial charge in [0.25, 0.3) is 5.24 Å². The number of imidazole rings is 1. The van der Waals surface area contributed by atoms with E-state index < -0.39 is 10.0 Å². The minimum Gasteiger partial charge on any atom is -0.364 e. The number of amides is 1. The second-order valence-corrected chi connectivity index (χ2v) is 7.33. The third-order valence-corrected chi connectivity index (χ3v) is 6.02. The zero-order chi connectivity index (χ0) is 14.5. The van der Waals surface area contributed by atoms with Crippen LogP contribution in [0, 0.1) is 0 Å². The summed E-state index contributed by atoms with van der Waals surface area (Å²) in [5, 5.41) is 11.4. The largest absolute Gasteiger partial charge is 0.364 e. The molecule has 0 aliphatic carbocycles. The van der Waals surface area contributed by atoms with Gasteiger partial charge in [-0.2, -0.15) is 0 Å². The summed E-state index contributed by atoms with van der Waals surface area (Å²) in [5.74, 6) is 0. The summed E-state index contributed by atoms with van der Waals surface area (Å²) in [6.45, 7) is 1.45. The van der Waals surface area contributed by atoms with Crippen LogP contribution in [-0.4, -0.2) is 26.5 Å². The van der Waals surface area contributed by atoms with Gasteiger partial charge in [0.1, 0.15) is 11.3 Å². The number of hydrogen-bond acceptors (Lipinski definition) is 4. The fourth-order valence-corrected chi connectivity index (χ4v) is 4.38. The van der Waals surface area contributed by atoms with E-state index in [1.807, 2.05) is 33.7 Å². The van der Waals surface area contributed by atoms with Crippen molar-refractivity contribution in [3.8, 4) is 0 Å². The maximum atomic E-state index is 12.5. The molecule has 0 fully saturated rings. The van der Waals surface area contributed by atoms with E-state index in [4.69, 9.17) is 4.52 Å². The first-order chi connectivity index (χ1) is 10.3. The monoisotopic (exact) mass is 304 g/mol. The van der Waals surface area contributed by atoms with Gasteiger partial charge in [0, 0.05) is 31.5 Å². The summed E-state index contributed by atoms with van der Waals surface area (Å²) in [5.41, 5.74) is 0. The van der Waals surface area contributed by atoms with E-state index in [9.17, 15) is 4.79 Å². The molecule has 1 amide bonds. The van der Waals surface area contributed by atoms with Crippen LogP contribution < -0.4 is 5.32 Å². The Morgan fingerprint density at radius 2 is 2.24 bits per heavy atom. The second-order valence-electron chi connectivity index (χ2n) is 4.57. The number of aromatic nitrogens is 3. The first-order valence-electron chi connectivity index (χ1n) is 6.63. The summed E-state index contributed by atoms with van der Waals surface area (Å²) in [4.78, 5) is 16.5. The third-order valence-electron chi connectivity index (χ3n) is 3.19. The number of rotatable bonds is 5. The number of carbonyl (C=O) groups is 1. The Morgan fingerprint density at radius 1 is 1.38 bits per heavy atom. The minimum absolute atomic E-state index is 0.00738. The zero-order valence-electron chi connectivity index (χ0n) is 11.4. The molecule has 1 aliphatic rings. The van der Waals surface area contributed by atoms with Crippen molar-refractivity contribution in [2.24, 2.45) is 0 Å². The van der Waals surface area contributed by atoms with Crippen LogP contribution in [0.2, 0.25) is 0 Å². The summed E-state index contributed by atoms with van der Waals surface area (Å²) in [7, 11) is -1.84. The molecule has 0 radical (unpaired) electrons. The van der Waals surface area contributed by atoms with Crippen molar-refractivity contribution in [1.29, 1.82) is 0 Å². The van der Waals surface area contributed by atoms with Gasteiger partial charge < -0.3 is 14.4 Å². The molecule has 7 heteroatoms. The van der Waals surface area contributed by atoms with Gasteiger partial charge in [-0.05, 0) is 17.2 Å². The lowest BCUT2D eigenvalue weighted by atomic mass is 10.4. The van der Waals surface area contributed by atoms with Crippen LogP contribution in [0.5, 0.6) is 0 Å². The highest BCUT2D eigenvalue weighted by Gasteiger charge is 2.33. The predicted molar refractivity (Wildman–Crippen MR) is 80.9 cm³/mol. The van der Waals surface area contributed by atoms with Crippen LogP contribution in [0.3, 0.4) is 0 Å². The van der Waals surface area contributed by atoms with Gasteiger partial charge in [-0.1, -0.05) is 27.3 Å². The smallest absolute Gasteiger partial charge is 0.274 e. The molecule has 1 N–H and O–H groups in total. The van der Waals surface area contributed by atoms with E-state index in [1.54, 1.807) is 18.6 Å². The topological polar surface area (TPSA) is 73.0 Å². The molecular weight excluding hydrogens is 288 g/mol. The van der Waals surface area contributed by atoms with Crippen molar-refractivity contribution < 1.29 is 9.32 Å². The average molecular weight is 304 g/mol. The molecular formula is C14H16N4O2S. The standard InChI is InChI=1S/C14H16N4O2S/c19-14(16-5-3-7-18-8-6-15-12-18)21(10-1-2-11-21)13-4-9-20-17-13/h1-2,4,6,8-12H,3,5,7H2,(H,16,19). The number of carbonyl (C=O) groups excluding carboxylic acids is 1. The molecule has 2 aromatic rings. The maximum Gasteiger partial charge on any atom is 0.274 e. The lowest BCUT2D eigenvalue weighted by Gasteiger charge is -2.26. The van der Waals surface area contributed by atoms with Crippen molar-refractivity contribution in [3.63, 3.8) is 0 Å². The first kappa shape index (κ1) is 13.7. The average Bonchev–Trinajstić information content (AvgIpc) is 3.25. The molecule has 0 saturated heterocycles. The summed E-state index contributed by atoms with van der Waals surface area (Å²) in [6, 6.07) is 1.75. The third kappa shape index (κ3) is 2.78. The molecule has 110 valence electrons. The van der Waals surface area contributed by atoms with E-state index >= 15 is 0 Å². The van der Waals surface area contributed by atoms with E-state index in [2.05, 4.69) is 15.5 Å². The molecule has 2 aromatic heterocycles. The Kier molecular flexibility index (Phi) is 3.92. The molecule has 0 spiro atoms. The van der Waals surface area contributed by atoms with E-state index in [-0.39, 0.29) is 5.24 Å². The minimum atomic E-state index is -1.84. The van der Waals surface area contributed by atoms with Crippen LogP contribution >= 0.6 is 10.0 Å². The highest BCUT2D eigenvalue weighted by molar-refractivity contribution is 8.49. The van der Waals surface area contributed by atoms with Crippen LogP contribution in [0.25, 0.3) is 0 Å². The molecule has 0 unspecified atom stereocenters. The highest BCUT2D eigenvalue weighted by atomic mass is 32.3. The van der Waals surface area contributed by atoms with Gasteiger partial charge in [0.05, 0.1) is 6.33 Å². The van der Waals surface area contributed by atoms with Gasteiger partial charge in [-0.3, -0.25) is 4.79 Å². The Morgan fingerprint density at radius 3 is 2.90 bits per heavy atom. The van der Waals surface area contributed by atoms with Crippen LogP contribution in [-0.2, 0) is 6.54 Å². The maximum absolute atomic E-state index is 12.5. The molecule has 0 saturated carbocycles. The first-order valence-corrected chi connectivity index (χ1v) is 8.39. The summed E-state index contributed by atoms with van der Waals surface area (Å²) >= 11 is 0. The summed E-state index contributed by atoms with van der Waals surface area (Å²) < 4.78 is 6.88. The van der Waals surface area contributed by atoms with Gasteiger partial charge in [0.2, 0.25) is 0 Å². The van der Waals surface area contributed by atoms with Crippen LogP contribution in [0.15, 0.2) is 63.6 Å². The zero-order valence-corrected chi connectivity index (χ0v) is 12.2. The molecule has 0 aromatic carbocycles. The molecule has 21 heavy (non-hydrogen) atoms. The number of allylic oxidation sites excluding steroid dienone is 2. The Balaban J connectivity index is 1.59. The normalized spacial score (nSPS) is 17.0. The molecule has 0 bridgehead atoms. The van der Waals surface area contributed by atoms with Crippen molar-refractivity contribution in [2.75, 3.05) is 6.54 Å². The predicted octanol–water partition coefficient (Wildman–Crippen LogP) is 2.88. The number of nitrogens with zero attached hydrogens (tertiary/aromatic N) is 3. The van der Waals surface area contributed by atoms with E-state index in [0.29, 0.717) is 11.6 Å². The molecule has 3 heterocycles.